The summed E-state index contributed by atoms with van der Waals surface area (Å²) in [5, 5.41) is 9.15. The molecule has 36 heavy (non-hydrogen) atoms. The summed E-state index contributed by atoms with van der Waals surface area (Å²) in [6, 6.07) is 0. The fourth-order valence-corrected chi connectivity index (χ4v) is 4.41. The first-order valence-electron chi connectivity index (χ1n) is 15.3. The van der Waals surface area contributed by atoms with Crippen LogP contribution in [0, 0.1) is 0 Å². The zero-order chi connectivity index (χ0) is 26.5. The lowest BCUT2D eigenvalue weighted by Gasteiger charge is -2.16. The topological polar surface area (TPSA) is 63.6 Å². The van der Waals surface area contributed by atoms with E-state index in [0.717, 1.165) is 44.9 Å². The average molecular weight is 507 g/mol. The fraction of sp³-hybridized carbons (Fsp3) is 0.812. The molecule has 1 unspecified atom stereocenters. The number of ether oxygens (including phenoxy) is 1. The molecule has 0 bridgehead atoms. The van der Waals surface area contributed by atoms with Gasteiger partial charge in [-0.25, -0.2) is 0 Å². The fourth-order valence-electron chi connectivity index (χ4n) is 4.41. The van der Waals surface area contributed by atoms with Gasteiger partial charge >= 0.3 is 11.9 Å². The number of unbranched alkanes of at least 4 members (excludes halogenated alkanes) is 16. The van der Waals surface area contributed by atoms with Gasteiger partial charge in [0.25, 0.3) is 0 Å². The zero-order valence-corrected chi connectivity index (χ0v) is 23.8. The maximum atomic E-state index is 12.2. The Kier molecular flexibility index (Phi) is 26.8. The predicted octanol–water partition coefficient (Wildman–Crippen LogP) is 10.1. The minimum atomic E-state index is -0.888. The van der Waals surface area contributed by atoms with Gasteiger partial charge in [-0.05, 0) is 51.4 Å². The highest BCUT2D eigenvalue weighted by atomic mass is 16.5. The largest absolute Gasteiger partial charge is 0.481 e. The summed E-state index contributed by atoms with van der Waals surface area (Å²) >= 11 is 0. The van der Waals surface area contributed by atoms with E-state index in [1.165, 1.54) is 83.5 Å². The summed E-state index contributed by atoms with van der Waals surface area (Å²) in [4.78, 5) is 23.3. The Hall–Kier alpha value is -1.58. The van der Waals surface area contributed by atoms with Crippen molar-refractivity contribution in [3.8, 4) is 0 Å². The van der Waals surface area contributed by atoms with Gasteiger partial charge in [-0.1, -0.05) is 122 Å². The third kappa shape index (κ3) is 27.0. The van der Waals surface area contributed by atoms with Gasteiger partial charge in [-0.15, -0.1) is 0 Å². The number of hydrogen-bond acceptors (Lipinski definition) is 3. The van der Waals surface area contributed by atoms with Crippen LogP contribution >= 0.6 is 0 Å². The van der Waals surface area contributed by atoms with E-state index in [-0.39, 0.29) is 12.4 Å². The monoisotopic (exact) mass is 506 g/mol. The molecule has 0 radical (unpaired) electrons. The molecule has 1 N–H and O–H groups in total. The smallest absolute Gasteiger partial charge is 0.307 e. The van der Waals surface area contributed by atoms with E-state index in [1.807, 2.05) is 0 Å². The van der Waals surface area contributed by atoms with E-state index < -0.39 is 12.1 Å². The van der Waals surface area contributed by atoms with Gasteiger partial charge in [-0.3, -0.25) is 9.59 Å². The molecule has 4 nitrogen and oxygen atoms in total. The van der Waals surface area contributed by atoms with Gasteiger partial charge in [0.15, 0.2) is 0 Å². The molecule has 0 fully saturated rings. The van der Waals surface area contributed by atoms with Gasteiger partial charge in [0.05, 0.1) is 6.42 Å². The van der Waals surface area contributed by atoms with E-state index in [0.29, 0.717) is 12.8 Å². The number of aliphatic carboxylic acids is 1. The lowest BCUT2D eigenvalue weighted by atomic mass is 10.0. The lowest BCUT2D eigenvalue weighted by molar-refractivity contribution is -0.153. The van der Waals surface area contributed by atoms with E-state index in [1.54, 1.807) is 0 Å². The third-order valence-electron chi connectivity index (χ3n) is 6.66. The number of esters is 1. The molecule has 0 rings (SSSR count). The van der Waals surface area contributed by atoms with Crippen molar-refractivity contribution in [2.45, 2.75) is 168 Å². The third-order valence-corrected chi connectivity index (χ3v) is 6.66. The van der Waals surface area contributed by atoms with Crippen molar-refractivity contribution in [1.82, 2.24) is 0 Å². The van der Waals surface area contributed by atoms with Gasteiger partial charge in [0.1, 0.15) is 6.10 Å². The number of carboxylic acid groups (broad SMARTS) is 1. The Morgan fingerprint density at radius 1 is 0.639 bits per heavy atom. The number of rotatable bonds is 27. The Balaban J connectivity index is 3.70. The summed E-state index contributed by atoms with van der Waals surface area (Å²) in [6.45, 7) is 4.46. The first-order chi connectivity index (χ1) is 17.6. The number of allylic oxidation sites excluding steroid dienone is 4. The Morgan fingerprint density at radius 3 is 1.69 bits per heavy atom. The standard InChI is InChI=1S/C32H58O4/c1-3-5-7-9-11-13-14-15-16-17-18-19-20-22-24-26-28-32(35)36-30(29-31(33)34)27-25-23-21-12-10-8-6-4-2/h11,13,15-16,30H,3-10,12,14,17-29H2,1-2H3,(H,33,34)/b13-11-,16-15-. The minimum Gasteiger partial charge on any atom is -0.481 e. The van der Waals surface area contributed by atoms with Crippen molar-refractivity contribution >= 4 is 11.9 Å². The number of carbonyl (C=O) groups is 2. The van der Waals surface area contributed by atoms with Crippen LogP contribution in [0.1, 0.15) is 162 Å². The van der Waals surface area contributed by atoms with Crippen molar-refractivity contribution in [2.24, 2.45) is 0 Å². The zero-order valence-electron chi connectivity index (χ0n) is 23.8. The minimum absolute atomic E-state index is 0.0774. The molecule has 0 aliphatic carbocycles. The van der Waals surface area contributed by atoms with Gasteiger partial charge in [0.2, 0.25) is 0 Å². The van der Waals surface area contributed by atoms with Crippen LogP contribution in [-0.4, -0.2) is 23.1 Å². The Labute approximate surface area is 223 Å². The summed E-state index contributed by atoms with van der Waals surface area (Å²) in [5.41, 5.74) is 0. The molecule has 1 atom stereocenters. The highest BCUT2D eigenvalue weighted by molar-refractivity contribution is 5.71. The molecule has 0 aromatic rings. The van der Waals surface area contributed by atoms with Crippen molar-refractivity contribution in [3.63, 3.8) is 0 Å². The number of carbonyl (C=O) groups excluding carboxylic acids is 1. The molecule has 0 aromatic heterocycles. The molecule has 0 aliphatic rings. The van der Waals surface area contributed by atoms with E-state index >= 15 is 0 Å². The quantitative estimate of drug-likeness (QED) is 0.0683. The van der Waals surface area contributed by atoms with Crippen LogP contribution in [0.15, 0.2) is 24.3 Å². The predicted molar refractivity (Wildman–Crippen MR) is 153 cm³/mol. The summed E-state index contributed by atoms with van der Waals surface area (Å²) in [6.07, 6.45) is 33.3. The van der Waals surface area contributed by atoms with E-state index in [9.17, 15) is 9.59 Å². The second-order valence-corrected chi connectivity index (χ2v) is 10.3. The number of hydrogen-bond donors (Lipinski definition) is 1. The number of carboxylic acids is 1. The first kappa shape index (κ1) is 34.4. The van der Waals surface area contributed by atoms with Crippen molar-refractivity contribution in [3.05, 3.63) is 24.3 Å². The molecule has 4 heteroatoms. The van der Waals surface area contributed by atoms with Crippen LogP contribution < -0.4 is 0 Å². The second-order valence-electron chi connectivity index (χ2n) is 10.3. The highest BCUT2D eigenvalue weighted by Gasteiger charge is 2.17. The molecule has 210 valence electrons. The van der Waals surface area contributed by atoms with Gasteiger partial charge in [-0.2, -0.15) is 0 Å². The maximum Gasteiger partial charge on any atom is 0.307 e. The highest BCUT2D eigenvalue weighted by Crippen LogP contribution is 2.16. The van der Waals surface area contributed by atoms with Crippen LogP contribution in [-0.2, 0) is 14.3 Å². The van der Waals surface area contributed by atoms with Gasteiger partial charge in [0, 0.05) is 6.42 Å². The molecule has 0 aliphatic heterocycles. The molecule has 0 aromatic carbocycles. The van der Waals surface area contributed by atoms with Gasteiger partial charge < -0.3 is 9.84 Å². The summed E-state index contributed by atoms with van der Waals surface area (Å²) in [5.74, 6) is -1.12. The van der Waals surface area contributed by atoms with E-state index in [2.05, 4.69) is 38.2 Å². The molecule has 0 saturated heterocycles. The molecular formula is C32H58O4. The van der Waals surface area contributed by atoms with Crippen LogP contribution in [0.2, 0.25) is 0 Å². The van der Waals surface area contributed by atoms with Crippen molar-refractivity contribution in [1.29, 1.82) is 0 Å². The second kappa shape index (κ2) is 28.0. The summed E-state index contributed by atoms with van der Waals surface area (Å²) in [7, 11) is 0. The molecule has 0 amide bonds. The van der Waals surface area contributed by atoms with Crippen LogP contribution in [0.25, 0.3) is 0 Å². The van der Waals surface area contributed by atoms with Crippen molar-refractivity contribution < 1.29 is 19.4 Å². The maximum absolute atomic E-state index is 12.2. The Bertz CT molecular complexity index is 552. The summed E-state index contributed by atoms with van der Waals surface area (Å²) < 4.78 is 5.51. The Morgan fingerprint density at radius 2 is 1.11 bits per heavy atom. The molecule has 0 saturated carbocycles. The van der Waals surface area contributed by atoms with Crippen LogP contribution in [0.5, 0.6) is 0 Å². The molecule has 0 heterocycles. The van der Waals surface area contributed by atoms with Crippen molar-refractivity contribution in [2.75, 3.05) is 0 Å². The molecular weight excluding hydrogens is 448 g/mol. The lowest BCUT2D eigenvalue weighted by Crippen LogP contribution is -2.21. The van der Waals surface area contributed by atoms with Crippen LogP contribution in [0.3, 0.4) is 0 Å². The first-order valence-corrected chi connectivity index (χ1v) is 15.3. The van der Waals surface area contributed by atoms with E-state index in [4.69, 9.17) is 9.84 Å². The SMILES string of the molecule is CCCCC/C=C\C/C=C\CCCCCCCCC(=O)OC(CCCCCCCCCC)CC(=O)O. The molecule has 0 spiro atoms. The normalized spacial score (nSPS) is 12.5. The average Bonchev–Trinajstić information content (AvgIpc) is 2.85. The van der Waals surface area contributed by atoms with Crippen LogP contribution in [0.4, 0.5) is 0 Å².